The van der Waals surface area contributed by atoms with Gasteiger partial charge in [0.05, 0.1) is 6.54 Å². The number of rotatable bonds is 5. The Morgan fingerprint density at radius 3 is 2.79 bits per heavy atom. The number of anilines is 1. The van der Waals surface area contributed by atoms with Gasteiger partial charge in [0.1, 0.15) is 11.5 Å². The third kappa shape index (κ3) is 4.08. The van der Waals surface area contributed by atoms with E-state index < -0.39 is 0 Å². The van der Waals surface area contributed by atoms with E-state index in [1.165, 1.54) is 16.7 Å². The summed E-state index contributed by atoms with van der Waals surface area (Å²) >= 11 is 0. The molecule has 0 aliphatic carbocycles. The van der Waals surface area contributed by atoms with Crippen LogP contribution in [0.15, 0.2) is 47.4 Å². The number of nitrogens with zero attached hydrogens (tertiary/aromatic N) is 1. The van der Waals surface area contributed by atoms with E-state index in [1.54, 1.807) is 30.5 Å². The summed E-state index contributed by atoms with van der Waals surface area (Å²) in [5.74, 6) is -0.473. The van der Waals surface area contributed by atoms with E-state index in [-0.39, 0.29) is 29.0 Å². The zero-order chi connectivity index (χ0) is 16.9. The fourth-order valence-corrected chi connectivity index (χ4v) is 2.90. The van der Waals surface area contributed by atoms with Gasteiger partial charge in [0.15, 0.2) is 0 Å². The van der Waals surface area contributed by atoms with Gasteiger partial charge in [-0.3, -0.25) is 9.59 Å². The van der Waals surface area contributed by atoms with Crippen LogP contribution in [0.1, 0.15) is 24.8 Å². The van der Waals surface area contributed by atoms with Crippen molar-refractivity contribution in [2.75, 3.05) is 11.9 Å². The molecule has 1 unspecified atom stereocenters. The Kier molecular flexibility index (Phi) is 5.05. The first-order valence-corrected chi connectivity index (χ1v) is 8.09. The van der Waals surface area contributed by atoms with Gasteiger partial charge in [-0.1, -0.05) is 12.1 Å². The Morgan fingerprint density at radius 2 is 2.08 bits per heavy atom. The fourth-order valence-electron chi connectivity index (χ4n) is 2.90. The molecule has 1 saturated heterocycles. The molecule has 126 valence electrons. The van der Waals surface area contributed by atoms with Gasteiger partial charge >= 0.3 is 0 Å². The topological polar surface area (TPSA) is 63.1 Å². The lowest BCUT2D eigenvalue weighted by Crippen LogP contribution is -2.30. The van der Waals surface area contributed by atoms with Crippen LogP contribution in [0, 0.1) is 5.82 Å². The molecular formula is C18H20FN3O2. The highest BCUT2D eigenvalue weighted by atomic mass is 19.1. The van der Waals surface area contributed by atoms with Crippen molar-refractivity contribution in [2.24, 2.45) is 0 Å². The van der Waals surface area contributed by atoms with Gasteiger partial charge in [-0.05, 0) is 49.2 Å². The number of benzene rings is 1. The van der Waals surface area contributed by atoms with Gasteiger partial charge < -0.3 is 15.2 Å². The Labute approximate surface area is 139 Å². The number of hydrogen-bond acceptors (Lipinski definition) is 3. The molecule has 1 amide bonds. The maximum absolute atomic E-state index is 13.0. The second-order valence-corrected chi connectivity index (χ2v) is 6.03. The highest BCUT2D eigenvalue weighted by molar-refractivity contribution is 5.90. The normalized spacial score (nSPS) is 17.0. The number of amides is 1. The predicted octanol–water partition coefficient (Wildman–Crippen LogP) is 2.12. The number of nitrogens with one attached hydrogen (secondary N) is 2. The summed E-state index contributed by atoms with van der Waals surface area (Å²) in [6, 6.07) is 9.51. The molecule has 2 heterocycles. The molecule has 24 heavy (non-hydrogen) atoms. The Hall–Kier alpha value is -2.47. The first-order chi connectivity index (χ1) is 11.6. The molecule has 2 aromatic rings. The van der Waals surface area contributed by atoms with Crippen LogP contribution in [0.3, 0.4) is 0 Å². The van der Waals surface area contributed by atoms with Gasteiger partial charge in [0.2, 0.25) is 5.91 Å². The minimum absolute atomic E-state index is 0.161. The first-order valence-electron chi connectivity index (χ1n) is 8.09. The standard InChI is InChI=1S/C18H20FN3O2/c19-14-7-5-13(6-8-14)12-22-10-2-4-16(18(22)24)21-17(23)11-15-3-1-9-20-15/h2,4-8,10,15,20H,1,3,9,11-12H2,(H,21,23). The molecular weight excluding hydrogens is 309 g/mol. The molecule has 1 aromatic carbocycles. The van der Waals surface area contributed by atoms with Gasteiger partial charge in [0, 0.05) is 18.7 Å². The molecule has 0 radical (unpaired) electrons. The summed E-state index contributed by atoms with van der Waals surface area (Å²) in [7, 11) is 0. The van der Waals surface area contributed by atoms with Gasteiger partial charge in [-0.15, -0.1) is 0 Å². The lowest BCUT2D eigenvalue weighted by Gasteiger charge is -2.12. The minimum Gasteiger partial charge on any atom is -0.321 e. The van der Waals surface area contributed by atoms with E-state index in [2.05, 4.69) is 10.6 Å². The fraction of sp³-hybridized carbons (Fsp3) is 0.333. The molecule has 5 nitrogen and oxygen atoms in total. The zero-order valence-electron chi connectivity index (χ0n) is 13.3. The molecule has 1 fully saturated rings. The van der Waals surface area contributed by atoms with Crippen molar-refractivity contribution in [3.05, 3.63) is 64.3 Å². The summed E-state index contributed by atoms with van der Waals surface area (Å²) in [5.41, 5.74) is 0.814. The van der Waals surface area contributed by atoms with Crippen molar-refractivity contribution in [2.45, 2.75) is 31.8 Å². The number of pyridine rings is 1. The molecule has 0 spiro atoms. The molecule has 6 heteroatoms. The third-order valence-corrected chi connectivity index (χ3v) is 4.15. The Balaban J connectivity index is 1.69. The number of carbonyl (C=O) groups is 1. The monoisotopic (exact) mass is 329 g/mol. The number of halogens is 1. The maximum Gasteiger partial charge on any atom is 0.274 e. The Morgan fingerprint density at radius 1 is 1.29 bits per heavy atom. The first kappa shape index (κ1) is 16.4. The second-order valence-electron chi connectivity index (χ2n) is 6.03. The van der Waals surface area contributed by atoms with E-state index >= 15 is 0 Å². The molecule has 3 rings (SSSR count). The van der Waals surface area contributed by atoms with Crippen LogP contribution in [0.25, 0.3) is 0 Å². The molecule has 1 atom stereocenters. The van der Waals surface area contributed by atoms with Gasteiger partial charge in [0.25, 0.3) is 5.56 Å². The van der Waals surface area contributed by atoms with Crippen molar-refractivity contribution in [3.63, 3.8) is 0 Å². The third-order valence-electron chi connectivity index (χ3n) is 4.15. The molecule has 0 bridgehead atoms. The predicted molar refractivity (Wildman–Crippen MR) is 90.5 cm³/mol. The quantitative estimate of drug-likeness (QED) is 0.883. The SMILES string of the molecule is O=C(CC1CCCN1)Nc1cccn(Cc2ccc(F)cc2)c1=O. The molecule has 2 N–H and O–H groups in total. The van der Waals surface area contributed by atoms with Crippen LogP contribution in [0.4, 0.5) is 10.1 Å². The van der Waals surface area contributed by atoms with E-state index in [0.29, 0.717) is 13.0 Å². The number of aromatic nitrogens is 1. The van der Waals surface area contributed by atoms with Crippen molar-refractivity contribution in [1.82, 2.24) is 9.88 Å². The largest absolute Gasteiger partial charge is 0.321 e. The van der Waals surface area contributed by atoms with Crippen LogP contribution in [0.2, 0.25) is 0 Å². The Bertz CT molecular complexity index is 765. The second kappa shape index (κ2) is 7.40. The summed E-state index contributed by atoms with van der Waals surface area (Å²) < 4.78 is 14.5. The maximum atomic E-state index is 13.0. The van der Waals surface area contributed by atoms with E-state index in [1.807, 2.05) is 0 Å². The summed E-state index contributed by atoms with van der Waals surface area (Å²) in [6.07, 6.45) is 4.08. The van der Waals surface area contributed by atoms with Crippen molar-refractivity contribution in [1.29, 1.82) is 0 Å². The van der Waals surface area contributed by atoms with E-state index in [0.717, 1.165) is 24.9 Å². The summed E-state index contributed by atoms with van der Waals surface area (Å²) in [6.45, 7) is 1.26. The highest BCUT2D eigenvalue weighted by Crippen LogP contribution is 2.10. The molecule has 0 saturated carbocycles. The molecule has 1 aliphatic heterocycles. The zero-order valence-corrected chi connectivity index (χ0v) is 13.3. The van der Waals surface area contributed by atoms with Gasteiger partial charge in [-0.2, -0.15) is 0 Å². The van der Waals surface area contributed by atoms with E-state index in [9.17, 15) is 14.0 Å². The lowest BCUT2D eigenvalue weighted by atomic mass is 10.1. The highest BCUT2D eigenvalue weighted by Gasteiger charge is 2.18. The smallest absolute Gasteiger partial charge is 0.274 e. The van der Waals surface area contributed by atoms with Crippen LogP contribution in [0.5, 0.6) is 0 Å². The van der Waals surface area contributed by atoms with Crippen LogP contribution in [-0.2, 0) is 11.3 Å². The van der Waals surface area contributed by atoms with Gasteiger partial charge in [-0.25, -0.2) is 4.39 Å². The summed E-state index contributed by atoms with van der Waals surface area (Å²) in [4.78, 5) is 24.6. The van der Waals surface area contributed by atoms with Crippen molar-refractivity contribution < 1.29 is 9.18 Å². The lowest BCUT2D eigenvalue weighted by molar-refractivity contribution is -0.116. The van der Waals surface area contributed by atoms with E-state index in [4.69, 9.17) is 0 Å². The average Bonchev–Trinajstić information content (AvgIpc) is 3.06. The van der Waals surface area contributed by atoms with Crippen LogP contribution >= 0.6 is 0 Å². The van der Waals surface area contributed by atoms with Crippen LogP contribution in [-0.4, -0.2) is 23.1 Å². The summed E-state index contributed by atoms with van der Waals surface area (Å²) in [5, 5.41) is 5.96. The number of carbonyl (C=O) groups excluding carboxylic acids is 1. The van der Waals surface area contributed by atoms with Crippen molar-refractivity contribution in [3.8, 4) is 0 Å². The number of hydrogen-bond donors (Lipinski definition) is 2. The van der Waals surface area contributed by atoms with Crippen molar-refractivity contribution >= 4 is 11.6 Å². The average molecular weight is 329 g/mol. The molecule has 1 aliphatic rings. The molecule has 1 aromatic heterocycles. The minimum atomic E-state index is -0.312. The van der Waals surface area contributed by atoms with Crippen LogP contribution < -0.4 is 16.2 Å².